The molecule has 3 rings (SSSR count). The molecule has 1 aliphatic rings. The second kappa shape index (κ2) is 5.00. The van der Waals surface area contributed by atoms with Crippen LogP contribution in [0.5, 0.6) is 5.75 Å². The van der Waals surface area contributed by atoms with Gasteiger partial charge in [-0.15, -0.1) is 0 Å². The lowest BCUT2D eigenvalue weighted by Gasteiger charge is -2.31. The van der Waals surface area contributed by atoms with Crippen LogP contribution in [-0.2, 0) is 0 Å². The molecule has 102 valence electrons. The Morgan fingerprint density at radius 1 is 1.20 bits per heavy atom. The summed E-state index contributed by atoms with van der Waals surface area (Å²) in [5.74, 6) is 0.0788. The molecule has 0 saturated carbocycles. The Labute approximate surface area is 117 Å². The van der Waals surface area contributed by atoms with Crippen molar-refractivity contribution in [1.82, 2.24) is 0 Å². The molecule has 0 amide bonds. The average Bonchev–Trinajstić information content (AvgIpc) is 2.46. The molecule has 1 N–H and O–H groups in total. The zero-order valence-corrected chi connectivity index (χ0v) is 11.2. The maximum Gasteiger partial charge on any atom is 0.335 e. The van der Waals surface area contributed by atoms with E-state index in [0.29, 0.717) is 5.56 Å². The van der Waals surface area contributed by atoms with E-state index in [9.17, 15) is 4.79 Å². The van der Waals surface area contributed by atoms with Gasteiger partial charge in [-0.25, -0.2) is 4.79 Å². The maximum atomic E-state index is 11.2. The lowest BCUT2D eigenvalue weighted by Crippen LogP contribution is -2.23. The molecule has 2 aromatic rings. The van der Waals surface area contributed by atoms with E-state index in [4.69, 9.17) is 9.84 Å². The number of hydrogen-bond donors (Lipinski definition) is 1. The van der Waals surface area contributed by atoms with Crippen LogP contribution >= 0.6 is 0 Å². The van der Waals surface area contributed by atoms with E-state index in [1.54, 1.807) is 18.2 Å². The molecule has 1 heterocycles. The summed E-state index contributed by atoms with van der Waals surface area (Å²) in [6.07, 6.45) is 0.989. The van der Waals surface area contributed by atoms with E-state index in [-0.39, 0.29) is 12.0 Å². The summed E-state index contributed by atoms with van der Waals surface area (Å²) < 4.78 is 5.83. The predicted octanol–water partition coefficient (Wildman–Crippen LogP) is 3.69. The molecule has 2 unspecified atom stereocenters. The minimum Gasteiger partial charge on any atom is -0.490 e. The first-order chi connectivity index (χ1) is 9.65. The van der Waals surface area contributed by atoms with Crippen molar-refractivity contribution in [3.05, 3.63) is 65.2 Å². The standard InChI is InChI=1S/C17H16O3/c1-11-9-14(12-5-3-2-4-6-12)15-10-13(17(18)19)7-8-16(15)20-11/h2-8,10-11,14H,9H2,1H3,(H,18,19). The molecule has 2 aromatic carbocycles. The molecule has 0 spiro atoms. The summed E-state index contributed by atoms with van der Waals surface area (Å²) in [5, 5.41) is 9.15. The van der Waals surface area contributed by atoms with Crippen LogP contribution in [-0.4, -0.2) is 17.2 Å². The Morgan fingerprint density at radius 3 is 2.65 bits per heavy atom. The smallest absolute Gasteiger partial charge is 0.335 e. The van der Waals surface area contributed by atoms with E-state index in [1.807, 2.05) is 25.1 Å². The monoisotopic (exact) mass is 268 g/mol. The highest BCUT2D eigenvalue weighted by atomic mass is 16.5. The Morgan fingerprint density at radius 2 is 1.95 bits per heavy atom. The van der Waals surface area contributed by atoms with E-state index in [2.05, 4.69) is 12.1 Å². The topological polar surface area (TPSA) is 46.5 Å². The van der Waals surface area contributed by atoms with Crippen molar-refractivity contribution < 1.29 is 14.6 Å². The molecule has 3 nitrogen and oxygen atoms in total. The zero-order valence-electron chi connectivity index (χ0n) is 11.2. The third-order valence-corrected chi connectivity index (χ3v) is 3.73. The van der Waals surface area contributed by atoms with E-state index in [0.717, 1.165) is 17.7 Å². The van der Waals surface area contributed by atoms with Gasteiger partial charge in [-0.1, -0.05) is 30.3 Å². The van der Waals surface area contributed by atoms with Crippen LogP contribution in [0, 0.1) is 0 Å². The lowest BCUT2D eigenvalue weighted by atomic mass is 9.84. The molecule has 0 radical (unpaired) electrons. The van der Waals surface area contributed by atoms with Gasteiger partial charge in [0.15, 0.2) is 0 Å². The van der Waals surface area contributed by atoms with E-state index >= 15 is 0 Å². The van der Waals surface area contributed by atoms with Gasteiger partial charge in [0, 0.05) is 11.5 Å². The summed E-state index contributed by atoms with van der Waals surface area (Å²) in [6, 6.07) is 15.3. The molecule has 3 heteroatoms. The second-order valence-electron chi connectivity index (χ2n) is 5.19. The van der Waals surface area contributed by atoms with Crippen LogP contribution in [0.3, 0.4) is 0 Å². The van der Waals surface area contributed by atoms with Crippen LogP contribution in [0.15, 0.2) is 48.5 Å². The Hall–Kier alpha value is -2.29. The van der Waals surface area contributed by atoms with Gasteiger partial charge in [0.25, 0.3) is 0 Å². The summed E-state index contributed by atoms with van der Waals surface area (Å²) >= 11 is 0. The maximum absolute atomic E-state index is 11.2. The van der Waals surface area contributed by atoms with Gasteiger partial charge < -0.3 is 9.84 Å². The van der Waals surface area contributed by atoms with Gasteiger partial charge >= 0.3 is 5.97 Å². The zero-order chi connectivity index (χ0) is 14.1. The molecule has 0 aliphatic carbocycles. The highest BCUT2D eigenvalue weighted by Gasteiger charge is 2.27. The Balaban J connectivity index is 2.10. The number of ether oxygens (including phenoxy) is 1. The first-order valence-electron chi connectivity index (χ1n) is 6.74. The molecule has 1 aliphatic heterocycles. The predicted molar refractivity (Wildman–Crippen MR) is 76.4 cm³/mol. The number of carbonyl (C=O) groups is 1. The van der Waals surface area contributed by atoms with Gasteiger partial charge in [-0.05, 0) is 37.1 Å². The van der Waals surface area contributed by atoms with Crippen molar-refractivity contribution in [2.45, 2.75) is 25.4 Å². The largest absolute Gasteiger partial charge is 0.490 e. The fourth-order valence-electron chi connectivity index (χ4n) is 2.79. The van der Waals surface area contributed by atoms with Crippen molar-refractivity contribution in [3.63, 3.8) is 0 Å². The van der Waals surface area contributed by atoms with Crippen molar-refractivity contribution in [1.29, 1.82) is 0 Å². The number of aromatic carboxylic acids is 1. The van der Waals surface area contributed by atoms with Gasteiger partial charge in [-0.3, -0.25) is 0 Å². The lowest BCUT2D eigenvalue weighted by molar-refractivity contribution is 0.0696. The minimum absolute atomic E-state index is 0.128. The first kappa shape index (κ1) is 12.7. The molecule has 0 fully saturated rings. The average molecular weight is 268 g/mol. The number of carboxylic acids is 1. The Kier molecular flexibility index (Phi) is 3.18. The van der Waals surface area contributed by atoms with Gasteiger partial charge in [0.05, 0.1) is 11.7 Å². The third-order valence-electron chi connectivity index (χ3n) is 3.73. The fraction of sp³-hybridized carbons (Fsp3) is 0.235. The Bertz CT molecular complexity index is 634. The van der Waals surface area contributed by atoms with Gasteiger partial charge in [0.1, 0.15) is 5.75 Å². The molecule has 20 heavy (non-hydrogen) atoms. The summed E-state index contributed by atoms with van der Waals surface area (Å²) in [7, 11) is 0. The van der Waals surface area contributed by atoms with Crippen LogP contribution in [0.25, 0.3) is 0 Å². The van der Waals surface area contributed by atoms with Crippen molar-refractivity contribution in [2.75, 3.05) is 0 Å². The van der Waals surface area contributed by atoms with Crippen LogP contribution in [0.1, 0.15) is 40.7 Å². The van der Waals surface area contributed by atoms with E-state index < -0.39 is 5.97 Å². The number of fused-ring (bicyclic) bond motifs is 1. The molecule has 0 aromatic heterocycles. The molecule has 2 atom stereocenters. The third kappa shape index (κ3) is 2.27. The number of hydrogen-bond acceptors (Lipinski definition) is 2. The molecule has 0 bridgehead atoms. The van der Waals surface area contributed by atoms with Gasteiger partial charge in [-0.2, -0.15) is 0 Å². The summed E-state index contributed by atoms with van der Waals surface area (Å²) in [5.41, 5.74) is 2.48. The molecular weight excluding hydrogens is 252 g/mol. The van der Waals surface area contributed by atoms with Crippen molar-refractivity contribution >= 4 is 5.97 Å². The van der Waals surface area contributed by atoms with Gasteiger partial charge in [0.2, 0.25) is 0 Å². The molecular formula is C17H16O3. The van der Waals surface area contributed by atoms with E-state index in [1.165, 1.54) is 5.56 Å². The first-order valence-corrected chi connectivity index (χ1v) is 6.74. The SMILES string of the molecule is CC1CC(c2ccccc2)c2cc(C(=O)O)ccc2O1. The summed E-state index contributed by atoms with van der Waals surface area (Å²) in [4.78, 5) is 11.2. The van der Waals surface area contributed by atoms with Crippen molar-refractivity contribution in [2.24, 2.45) is 0 Å². The number of carboxylic acid groups (broad SMARTS) is 1. The van der Waals surface area contributed by atoms with Crippen molar-refractivity contribution in [3.8, 4) is 5.75 Å². The highest BCUT2D eigenvalue weighted by Crippen LogP contribution is 2.40. The normalized spacial score (nSPS) is 20.9. The highest BCUT2D eigenvalue weighted by molar-refractivity contribution is 5.88. The van der Waals surface area contributed by atoms with Crippen LogP contribution in [0.2, 0.25) is 0 Å². The minimum atomic E-state index is -0.904. The fourth-order valence-corrected chi connectivity index (χ4v) is 2.79. The second-order valence-corrected chi connectivity index (χ2v) is 5.19. The number of rotatable bonds is 2. The summed E-state index contributed by atoms with van der Waals surface area (Å²) in [6.45, 7) is 2.05. The number of benzene rings is 2. The quantitative estimate of drug-likeness (QED) is 0.903. The van der Waals surface area contributed by atoms with Crippen LogP contribution in [0.4, 0.5) is 0 Å². The molecule has 0 saturated heterocycles. The van der Waals surface area contributed by atoms with Crippen LogP contribution < -0.4 is 4.74 Å².